The maximum absolute atomic E-state index is 12.7. The molecule has 0 spiro atoms. The third-order valence-electron chi connectivity index (χ3n) is 4.06. The molecule has 1 saturated heterocycles. The molecule has 0 bridgehead atoms. The number of carbonyl (C=O) groups excluding carboxylic acids is 1. The zero-order valence-electron chi connectivity index (χ0n) is 14.0. The van der Waals surface area contributed by atoms with E-state index in [4.69, 9.17) is 4.74 Å². The average molecular weight is 339 g/mol. The van der Waals surface area contributed by atoms with Crippen molar-refractivity contribution in [3.63, 3.8) is 0 Å². The van der Waals surface area contributed by atoms with E-state index in [2.05, 4.69) is 25.0 Å². The van der Waals surface area contributed by atoms with E-state index in [-0.39, 0.29) is 17.8 Å². The van der Waals surface area contributed by atoms with Crippen molar-refractivity contribution in [1.29, 1.82) is 0 Å². The van der Waals surface area contributed by atoms with E-state index in [1.165, 1.54) is 0 Å². The van der Waals surface area contributed by atoms with Crippen LogP contribution in [-0.2, 0) is 0 Å². The van der Waals surface area contributed by atoms with Crippen LogP contribution in [0.3, 0.4) is 0 Å². The van der Waals surface area contributed by atoms with Crippen LogP contribution >= 0.6 is 0 Å². The summed E-state index contributed by atoms with van der Waals surface area (Å²) in [5.74, 6) is 0.367. The molecule has 1 amide bonds. The Labute approximate surface area is 143 Å². The Morgan fingerprint density at radius 1 is 1.24 bits per heavy atom. The highest BCUT2D eigenvalue weighted by molar-refractivity contribution is 5.91. The van der Waals surface area contributed by atoms with Gasteiger partial charge in [0.25, 0.3) is 11.7 Å². The highest BCUT2D eigenvalue weighted by Gasteiger charge is 2.31. The summed E-state index contributed by atoms with van der Waals surface area (Å²) < 4.78 is 7.30. The normalized spacial score (nSPS) is 17.2. The molecule has 1 aliphatic heterocycles. The van der Waals surface area contributed by atoms with Crippen molar-refractivity contribution in [1.82, 2.24) is 34.4 Å². The van der Waals surface area contributed by atoms with Crippen molar-refractivity contribution in [2.75, 3.05) is 13.1 Å². The van der Waals surface area contributed by atoms with Crippen molar-refractivity contribution < 1.29 is 9.53 Å². The van der Waals surface area contributed by atoms with Gasteiger partial charge in [0.2, 0.25) is 5.82 Å². The Morgan fingerprint density at radius 3 is 2.84 bits per heavy atom. The van der Waals surface area contributed by atoms with Gasteiger partial charge in [-0.2, -0.15) is 4.98 Å². The van der Waals surface area contributed by atoms with Gasteiger partial charge in [0.05, 0.1) is 6.54 Å². The summed E-state index contributed by atoms with van der Waals surface area (Å²) >= 11 is 0. The SMILES string of the molecule is Cc1cc(C)n2nc(C(=O)N3CC[C@H](Oc4ncccn4)C3)nc2n1. The molecule has 0 radical (unpaired) electrons. The molecule has 0 aromatic carbocycles. The van der Waals surface area contributed by atoms with Gasteiger partial charge in [-0.3, -0.25) is 4.79 Å². The maximum Gasteiger partial charge on any atom is 0.316 e. The minimum absolute atomic E-state index is 0.134. The zero-order valence-corrected chi connectivity index (χ0v) is 14.0. The van der Waals surface area contributed by atoms with Crippen molar-refractivity contribution in [3.8, 4) is 6.01 Å². The number of fused-ring (bicyclic) bond motifs is 1. The number of likely N-dealkylation sites (tertiary alicyclic amines) is 1. The molecule has 0 N–H and O–H groups in total. The molecule has 25 heavy (non-hydrogen) atoms. The first-order chi connectivity index (χ1) is 12.1. The van der Waals surface area contributed by atoms with Crippen LogP contribution in [0.15, 0.2) is 24.5 Å². The quantitative estimate of drug-likeness (QED) is 0.697. The van der Waals surface area contributed by atoms with Gasteiger partial charge in [-0.05, 0) is 26.0 Å². The largest absolute Gasteiger partial charge is 0.458 e. The number of hydrogen-bond acceptors (Lipinski definition) is 7. The van der Waals surface area contributed by atoms with Gasteiger partial charge in [-0.25, -0.2) is 19.5 Å². The minimum atomic E-state index is -0.220. The summed E-state index contributed by atoms with van der Waals surface area (Å²) in [4.78, 5) is 31.0. The van der Waals surface area contributed by atoms with Crippen LogP contribution in [0.4, 0.5) is 0 Å². The van der Waals surface area contributed by atoms with E-state index >= 15 is 0 Å². The third-order valence-corrected chi connectivity index (χ3v) is 4.06. The molecular formula is C16H17N7O2. The predicted octanol–water partition coefficient (Wildman–Crippen LogP) is 0.825. The van der Waals surface area contributed by atoms with Gasteiger partial charge in [0.15, 0.2) is 0 Å². The number of aryl methyl sites for hydroxylation is 2. The van der Waals surface area contributed by atoms with Crippen LogP contribution in [0.1, 0.15) is 28.4 Å². The zero-order chi connectivity index (χ0) is 17.4. The molecule has 3 aromatic rings. The molecular weight excluding hydrogens is 322 g/mol. The second kappa shape index (κ2) is 6.08. The van der Waals surface area contributed by atoms with E-state index in [0.717, 1.165) is 11.4 Å². The van der Waals surface area contributed by atoms with Gasteiger partial charge in [-0.1, -0.05) is 0 Å². The summed E-state index contributed by atoms with van der Waals surface area (Å²) in [5.41, 5.74) is 1.73. The van der Waals surface area contributed by atoms with Crippen molar-refractivity contribution in [2.45, 2.75) is 26.4 Å². The summed E-state index contributed by atoms with van der Waals surface area (Å²) in [6, 6.07) is 3.95. The lowest BCUT2D eigenvalue weighted by molar-refractivity contribution is 0.0758. The Hall–Kier alpha value is -3.10. The van der Waals surface area contributed by atoms with Gasteiger partial charge in [0, 0.05) is 36.7 Å². The lowest BCUT2D eigenvalue weighted by atomic mass is 10.3. The molecule has 0 aliphatic carbocycles. The maximum atomic E-state index is 12.7. The molecule has 3 aromatic heterocycles. The number of nitrogens with zero attached hydrogens (tertiary/aromatic N) is 7. The average Bonchev–Trinajstić information content (AvgIpc) is 3.22. The highest BCUT2D eigenvalue weighted by Crippen LogP contribution is 2.17. The first-order valence-corrected chi connectivity index (χ1v) is 8.04. The summed E-state index contributed by atoms with van der Waals surface area (Å²) in [7, 11) is 0. The molecule has 9 heteroatoms. The molecule has 1 fully saturated rings. The van der Waals surface area contributed by atoms with Crippen LogP contribution in [-0.4, -0.2) is 59.6 Å². The van der Waals surface area contributed by atoms with Gasteiger partial charge < -0.3 is 9.64 Å². The van der Waals surface area contributed by atoms with Crippen LogP contribution in [0, 0.1) is 13.8 Å². The number of amides is 1. The number of rotatable bonds is 3. The Bertz CT molecular complexity index is 925. The fraction of sp³-hybridized carbons (Fsp3) is 0.375. The van der Waals surface area contributed by atoms with Crippen LogP contribution in [0.5, 0.6) is 6.01 Å². The van der Waals surface area contributed by atoms with Crippen LogP contribution in [0.2, 0.25) is 0 Å². The molecule has 128 valence electrons. The Kier molecular flexibility index (Phi) is 3.75. The molecule has 4 rings (SSSR count). The predicted molar refractivity (Wildman–Crippen MR) is 87.2 cm³/mol. The van der Waals surface area contributed by atoms with Crippen LogP contribution < -0.4 is 4.74 Å². The number of carbonyl (C=O) groups is 1. The number of ether oxygens (including phenoxy) is 1. The lowest BCUT2D eigenvalue weighted by Gasteiger charge is -2.14. The van der Waals surface area contributed by atoms with Crippen molar-refractivity contribution >= 4 is 11.7 Å². The van der Waals surface area contributed by atoms with E-state index in [0.29, 0.717) is 31.3 Å². The molecule has 1 aliphatic rings. The number of hydrogen-bond donors (Lipinski definition) is 0. The van der Waals surface area contributed by atoms with E-state index < -0.39 is 0 Å². The fourth-order valence-corrected chi connectivity index (χ4v) is 2.90. The lowest BCUT2D eigenvalue weighted by Crippen LogP contribution is -2.31. The molecule has 0 saturated carbocycles. The fourth-order valence-electron chi connectivity index (χ4n) is 2.90. The molecule has 1 atom stereocenters. The smallest absolute Gasteiger partial charge is 0.316 e. The number of aromatic nitrogens is 6. The van der Waals surface area contributed by atoms with Crippen LogP contribution in [0.25, 0.3) is 5.78 Å². The summed E-state index contributed by atoms with van der Waals surface area (Å²) in [6.45, 7) is 4.83. The monoisotopic (exact) mass is 339 g/mol. The van der Waals surface area contributed by atoms with E-state index in [1.807, 2.05) is 19.9 Å². The Morgan fingerprint density at radius 2 is 2.04 bits per heavy atom. The standard InChI is InChI=1S/C16H17N7O2/c1-10-8-11(2)23-15(19-10)20-13(21-23)14(24)22-7-4-12(9-22)25-16-17-5-3-6-18-16/h3,5-6,8,12H,4,7,9H2,1-2H3/t12-/m0/s1. The summed E-state index contributed by atoms with van der Waals surface area (Å²) in [5, 5.41) is 4.29. The molecule has 9 nitrogen and oxygen atoms in total. The van der Waals surface area contributed by atoms with Gasteiger partial charge >= 0.3 is 6.01 Å². The summed E-state index contributed by atoms with van der Waals surface area (Å²) in [6.07, 6.45) is 3.83. The van der Waals surface area contributed by atoms with Gasteiger partial charge in [-0.15, -0.1) is 5.10 Å². The van der Waals surface area contributed by atoms with Crippen molar-refractivity contribution in [2.24, 2.45) is 0 Å². The van der Waals surface area contributed by atoms with E-state index in [1.54, 1.807) is 27.9 Å². The molecule has 0 unspecified atom stereocenters. The third kappa shape index (κ3) is 3.00. The Balaban J connectivity index is 1.49. The van der Waals surface area contributed by atoms with E-state index in [9.17, 15) is 4.79 Å². The minimum Gasteiger partial charge on any atom is -0.458 e. The molecule has 4 heterocycles. The topological polar surface area (TPSA) is 98.4 Å². The second-order valence-electron chi connectivity index (χ2n) is 6.00. The first-order valence-electron chi connectivity index (χ1n) is 8.04. The first kappa shape index (κ1) is 15.4. The van der Waals surface area contributed by atoms with Crippen molar-refractivity contribution in [3.05, 3.63) is 41.7 Å². The van der Waals surface area contributed by atoms with Gasteiger partial charge in [0.1, 0.15) is 6.10 Å². The second-order valence-corrected chi connectivity index (χ2v) is 6.00. The highest BCUT2D eigenvalue weighted by atomic mass is 16.5.